The molecule has 19 heavy (non-hydrogen) atoms. The van der Waals surface area contributed by atoms with E-state index in [2.05, 4.69) is 5.32 Å². The zero-order valence-electron chi connectivity index (χ0n) is 11.6. The van der Waals surface area contributed by atoms with Gasteiger partial charge in [0.1, 0.15) is 0 Å². The highest BCUT2D eigenvalue weighted by molar-refractivity contribution is 5.76. The van der Waals surface area contributed by atoms with Crippen molar-refractivity contribution in [2.24, 2.45) is 17.6 Å². The molecule has 0 aromatic rings. The molecule has 1 fully saturated rings. The van der Waals surface area contributed by atoms with Crippen LogP contribution in [0, 0.1) is 11.8 Å². The van der Waals surface area contributed by atoms with Crippen LogP contribution in [0.2, 0.25) is 0 Å². The molecule has 2 atom stereocenters. The smallest absolute Gasteiger partial charge is 0.306 e. The number of hydrogen-bond donors (Lipinski definition) is 3. The lowest BCUT2D eigenvalue weighted by Crippen LogP contribution is -2.32. The minimum Gasteiger partial charge on any atom is -0.481 e. The molecular weight excluding hydrogens is 244 g/mol. The molecule has 0 bridgehead atoms. The quantitative estimate of drug-likeness (QED) is 0.554. The molecule has 4 N–H and O–H groups in total. The standard InChI is InChI=1S/C14H26N2O3/c15-9-4-2-1-3-8-13(17)16-10-11-6-5-7-12(11)14(18)19/h11-12H,1-10,15H2,(H,16,17)(H,18,19). The maximum absolute atomic E-state index is 11.6. The fourth-order valence-corrected chi connectivity index (χ4v) is 2.72. The van der Waals surface area contributed by atoms with Crippen molar-refractivity contribution in [2.45, 2.75) is 51.4 Å². The molecule has 1 saturated carbocycles. The highest BCUT2D eigenvalue weighted by Gasteiger charge is 2.32. The molecule has 5 nitrogen and oxygen atoms in total. The van der Waals surface area contributed by atoms with E-state index in [1.807, 2.05) is 0 Å². The van der Waals surface area contributed by atoms with E-state index in [-0.39, 0.29) is 17.7 Å². The summed E-state index contributed by atoms with van der Waals surface area (Å²) >= 11 is 0. The first-order chi connectivity index (χ1) is 9.15. The Morgan fingerprint density at radius 3 is 2.58 bits per heavy atom. The Kier molecular flexibility index (Phi) is 7.48. The van der Waals surface area contributed by atoms with Gasteiger partial charge in [-0.2, -0.15) is 0 Å². The predicted molar refractivity (Wildman–Crippen MR) is 73.6 cm³/mol. The van der Waals surface area contributed by atoms with E-state index >= 15 is 0 Å². The summed E-state index contributed by atoms with van der Waals surface area (Å²) < 4.78 is 0. The fourth-order valence-electron chi connectivity index (χ4n) is 2.72. The summed E-state index contributed by atoms with van der Waals surface area (Å²) in [5.41, 5.74) is 5.40. The zero-order valence-corrected chi connectivity index (χ0v) is 11.6. The molecule has 0 aromatic carbocycles. The van der Waals surface area contributed by atoms with Crippen molar-refractivity contribution in [3.8, 4) is 0 Å². The van der Waals surface area contributed by atoms with E-state index in [0.717, 1.165) is 44.9 Å². The molecule has 0 spiro atoms. The Morgan fingerprint density at radius 2 is 1.89 bits per heavy atom. The number of aliphatic carboxylic acids is 1. The number of carboxylic acid groups (broad SMARTS) is 1. The largest absolute Gasteiger partial charge is 0.481 e. The number of nitrogens with one attached hydrogen (secondary N) is 1. The third-order valence-electron chi connectivity index (χ3n) is 3.90. The van der Waals surface area contributed by atoms with E-state index in [1.54, 1.807) is 0 Å². The highest BCUT2D eigenvalue weighted by Crippen LogP contribution is 2.31. The third-order valence-corrected chi connectivity index (χ3v) is 3.90. The lowest BCUT2D eigenvalue weighted by atomic mass is 9.96. The average Bonchev–Trinajstić information content (AvgIpc) is 2.84. The summed E-state index contributed by atoms with van der Waals surface area (Å²) in [5.74, 6) is -0.842. The number of rotatable bonds is 9. The summed E-state index contributed by atoms with van der Waals surface area (Å²) in [6.45, 7) is 1.23. The highest BCUT2D eigenvalue weighted by atomic mass is 16.4. The molecule has 0 saturated heterocycles. The summed E-state index contributed by atoms with van der Waals surface area (Å²) in [6.07, 6.45) is 7.16. The lowest BCUT2D eigenvalue weighted by Gasteiger charge is -2.16. The van der Waals surface area contributed by atoms with Crippen molar-refractivity contribution in [1.82, 2.24) is 5.32 Å². The van der Waals surface area contributed by atoms with Crippen LogP contribution in [0.3, 0.4) is 0 Å². The topological polar surface area (TPSA) is 92.4 Å². The van der Waals surface area contributed by atoms with Gasteiger partial charge in [-0.05, 0) is 38.1 Å². The van der Waals surface area contributed by atoms with Gasteiger partial charge in [-0.15, -0.1) is 0 Å². The van der Waals surface area contributed by atoms with Gasteiger partial charge in [-0.1, -0.05) is 19.3 Å². The first kappa shape index (κ1) is 16.0. The second-order valence-electron chi connectivity index (χ2n) is 5.39. The average molecular weight is 270 g/mol. The van der Waals surface area contributed by atoms with E-state index in [1.165, 1.54) is 0 Å². The SMILES string of the molecule is NCCCCCCC(=O)NCC1CCCC1C(=O)O. The van der Waals surface area contributed by atoms with E-state index < -0.39 is 5.97 Å². The Balaban J connectivity index is 2.11. The van der Waals surface area contributed by atoms with Gasteiger partial charge in [-0.3, -0.25) is 9.59 Å². The van der Waals surface area contributed by atoms with Gasteiger partial charge >= 0.3 is 5.97 Å². The van der Waals surface area contributed by atoms with Crippen LogP contribution in [0.1, 0.15) is 51.4 Å². The van der Waals surface area contributed by atoms with Gasteiger partial charge in [-0.25, -0.2) is 0 Å². The van der Waals surface area contributed by atoms with Crippen LogP contribution in [0.15, 0.2) is 0 Å². The summed E-state index contributed by atoms with van der Waals surface area (Å²) in [4.78, 5) is 22.6. The minimum absolute atomic E-state index is 0.0452. The van der Waals surface area contributed by atoms with Crippen LogP contribution in [-0.4, -0.2) is 30.1 Å². The Bertz CT molecular complexity index is 294. The number of nitrogens with two attached hydrogens (primary N) is 1. The van der Waals surface area contributed by atoms with Crippen LogP contribution >= 0.6 is 0 Å². The molecule has 0 heterocycles. The van der Waals surface area contributed by atoms with Crippen molar-refractivity contribution in [1.29, 1.82) is 0 Å². The van der Waals surface area contributed by atoms with Crippen molar-refractivity contribution in [2.75, 3.05) is 13.1 Å². The predicted octanol–water partition coefficient (Wildman–Crippen LogP) is 1.51. The van der Waals surface area contributed by atoms with E-state index in [9.17, 15) is 9.59 Å². The minimum atomic E-state index is -0.724. The van der Waals surface area contributed by atoms with Crippen molar-refractivity contribution >= 4 is 11.9 Å². The second-order valence-corrected chi connectivity index (χ2v) is 5.39. The molecule has 1 aliphatic rings. The monoisotopic (exact) mass is 270 g/mol. The van der Waals surface area contributed by atoms with Gasteiger partial charge in [0.2, 0.25) is 5.91 Å². The van der Waals surface area contributed by atoms with Gasteiger partial charge < -0.3 is 16.2 Å². The Morgan fingerprint density at radius 1 is 1.16 bits per heavy atom. The van der Waals surface area contributed by atoms with Gasteiger partial charge in [0.15, 0.2) is 0 Å². The number of amides is 1. The first-order valence-electron chi connectivity index (χ1n) is 7.34. The molecule has 0 radical (unpaired) electrons. The number of carboxylic acids is 1. The van der Waals surface area contributed by atoms with Crippen molar-refractivity contribution in [3.05, 3.63) is 0 Å². The number of carbonyl (C=O) groups is 2. The summed E-state index contributed by atoms with van der Waals surface area (Å²) in [7, 11) is 0. The van der Waals surface area contributed by atoms with Gasteiger partial charge in [0.05, 0.1) is 5.92 Å². The molecular formula is C14H26N2O3. The first-order valence-corrected chi connectivity index (χ1v) is 7.34. The summed E-state index contributed by atoms with van der Waals surface area (Å²) in [6, 6.07) is 0. The molecule has 1 amide bonds. The molecule has 2 unspecified atom stereocenters. The zero-order chi connectivity index (χ0) is 14.1. The molecule has 0 aromatic heterocycles. The van der Waals surface area contributed by atoms with Crippen LogP contribution in [0.5, 0.6) is 0 Å². The molecule has 5 heteroatoms. The van der Waals surface area contributed by atoms with Gasteiger partial charge in [0, 0.05) is 13.0 Å². The molecule has 1 aliphatic carbocycles. The molecule has 0 aliphatic heterocycles. The number of carbonyl (C=O) groups excluding carboxylic acids is 1. The fraction of sp³-hybridized carbons (Fsp3) is 0.857. The van der Waals surface area contributed by atoms with Crippen LogP contribution in [0.25, 0.3) is 0 Å². The molecule has 1 rings (SSSR count). The third kappa shape index (κ3) is 6.05. The van der Waals surface area contributed by atoms with Crippen molar-refractivity contribution < 1.29 is 14.7 Å². The van der Waals surface area contributed by atoms with Gasteiger partial charge in [0.25, 0.3) is 0 Å². The Labute approximate surface area is 114 Å². The molecule has 110 valence electrons. The van der Waals surface area contributed by atoms with Crippen LogP contribution < -0.4 is 11.1 Å². The second kappa shape index (κ2) is 8.91. The van der Waals surface area contributed by atoms with E-state index in [4.69, 9.17) is 10.8 Å². The number of unbranched alkanes of at least 4 members (excludes halogenated alkanes) is 3. The van der Waals surface area contributed by atoms with Crippen LogP contribution in [-0.2, 0) is 9.59 Å². The lowest BCUT2D eigenvalue weighted by molar-refractivity contribution is -0.143. The number of hydrogen-bond acceptors (Lipinski definition) is 3. The van der Waals surface area contributed by atoms with Crippen LogP contribution in [0.4, 0.5) is 0 Å². The van der Waals surface area contributed by atoms with E-state index in [0.29, 0.717) is 19.5 Å². The maximum atomic E-state index is 11.6. The Hall–Kier alpha value is -1.10. The van der Waals surface area contributed by atoms with Crippen molar-refractivity contribution in [3.63, 3.8) is 0 Å². The summed E-state index contributed by atoms with van der Waals surface area (Å²) in [5, 5.41) is 11.9. The normalized spacial score (nSPS) is 22.4. The maximum Gasteiger partial charge on any atom is 0.306 e.